The number of hydrogen-bond acceptors (Lipinski definition) is 5. The number of carbonyl (C=O) groups excluding carboxylic acids is 1. The van der Waals surface area contributed by atoms with Gasteiger partial charge in [-0.3, -0.25) is 4.79 Å². The van der Waals surface area contributed by atoms with Crippen molar-refractivity contribution >= 4 is 43.6 Å². The first-order valence-corrected chi connectivity index (χ1v) is 8.62. The minimum atomic E-state index is -0.590. The van der Waals surface area contributed by atoms with Crippen LogP contribution in [0.1, 0.15) is 0 Å². The number of esters is 1. The molecule has 4 rings (SSSR count). The summed E-state index contributed by atoms with van der Waals surface area (Å²) in [5.74, 6) is -0.181. The Morgan fingerprint density at radius 3 is 2.69 bits per heavy atom. The van der Waals surface area contributed by atoms with Gasteiger partial charge < -0.3 is 4.74 Å². The molecule has 6 nitrogen and oxygen atoms in total. The molecular formula is C19H12BrN3O3. The molecule has 0 saturated carbocycles. The molecule has 0 aliphatic carbocycles. The quantitative estimate of drug-likeness (QED) is 0.383. The number of halogens is 1. The molecule has 0 spiro atoms. The third-order valence-corrected chi connectivity index (χ3v) is 4.41. The van der Waals surface area contributed by atoms with E-state index >= 15 is 0 Å². The lowest BCUT2D eigenvalue weighted by molar-refractivity contribution is -0.135. The number of benzene rings is 3. The summed E-state index contributed by atoms with van der Waals surface area (Å²) in [6.07, 6.45) is 0. The van der Waals surface area contributed by atoms with Crippen LogP contribution in [0.3, 0.4) is 0 Å². The average molecular weight is 410 g/mol. The minimum Gasteiger partial charge on any atom is -0.425 e. The van der Waals surface area contributed by atoms with Crippen molar-refractivity contribution in [1.29, 1.82) is 0 Å². The predicted molar refractivity (Wildman–Crippen MR) is 101 cm³/mol. The highest BCUT2D eigenvalue weighted by Gasteiger charge is 2.11. The molecule has 0 fully saturated rings. The number of fused-ring (bicyclic) bond motifs is 2. The smallest absolute Gasteiger partial charge is 0.333 e. The van der Waals surface area contributed by atoms with Crippen LogP contribution in [-0.2, 0) is 11.3 Å². The fraction of sp³-hybridized carbons (Fsp3) is 0.0526. The van der Waals surface area contributed by atoms with E-state index in [1.807, 2.05) is 24.3 Å². The summed E-state index contributed by atoms with van der Waals surface area (Å²) in [5, 5.41) is 10.1. The fourth-order valence-electron chi connectivity index (χ4n) is 2.67. The van der Waals surface area contributed by atoms with Crippen LogP contribution in [0.5, 0.6) is 5.75 Å². The van der Waals surface area contributed by atoms with Crippen molar-refractivity contribution in [2.75, 3.05) is 0 Å². The maximum absolute atomic E-state index is 12.4. The highest BCUT2D eigenvalue weighted by molar-refractivity contribution is 9.10. The Hall–Kier alpha value is -3.06. The van der Waals surface area contributed by atoms with E-state index in [1.54, 1.807) is 36.4 Å². The van der Waals surface area contributed by atoms with Gasteiger partial charge in [-0.05, 0) is 47.2 Å². The van der Waals surface area contributed by atoms with Gasteiger partial charge in [0, 0.05) is 4.47 Å². The van der Waals surface area contributed by atoms with E-state index < -0.39 is 5.97 Å². The summed E-state index contributed by atoms with van der Waals surface area (Å²) < 4.78 is 7.32. The van der Waals surface area contributed by atoms with E-state index in [1.165, 1.54) is 0 Å². The number of rotatable bonds is 3. The van der Waals surface area contributed by atoms with Crippen LogP contribution in [0.15, 0.2) is 69.9 Å². The number of carbonyl (C=O) groups is 1. The predicted octanol–water partition coefficient (Wildman–Crippen LogP) is 3.31. The van der Waals surface area contributed by atoms with Crippen molar-refractivity contribution < 1.29 is 9.53 Å². The van der Waals surface area contributed by atoms with Crippen LogP contribution >= 0.6 is 15.9 Å². The largest absolute Gasteiger partial charge is 0.425 e. The summed E-state index contributed by atoms with van der Waals surface area (Å²) in [4.78, 5) is 24.6. The van der Waals surface area contributed by atoms with Gasteiger partial charge in [0.1, 0.15) is 17.8 Å². The lowest BCUT2D eigenvalue weighted by atomic mass is 10.1. The molecule has 1 aromatic heterocycles. The number of aromatic nitrogens is 3. The second-order valence-corrected chi connectivity index (χ2v) is 6.61. The van der Waals surface area contributed by atoms with Crippen molar-refractivity contribution in [2.45, 2.75) is 6.54 Å². The van der Waals surface area contributed by atoms with Crippen LogP contribution in [0.25, 0.3) is 21.7 Å². The van der Waals surface area contributed by atoms with Crippen LogP contribution in [0.4, 0.5) is 0 Å². The van der Waals surface area contributed by atoms with Gasteiger partial charge in [-0.2, -0.15) is 4.68 Å². The van der Waals surface area contributed by atoms with Gasteiger partial charge in [0.15, 0.2) is 0 Å². The zero-order valence-electron chi connectivity index (χ0n) is 13.4. The molecule has 0 amide bonds. The molecule has 0 aliphatic rings. The first kappa shape index (κ1) is 16.4. The first-order valence-electron chi connectivity index (χ1n) is 7.83. The zero-order chi connectivity index (χ0) is 18.1. The molecular weight excluding hydrogens is 398 g/mol. The van der Waals surface area contributed by atoms with Crippen molar-refractivity contribution in [3.05, 3.63) is 75.5 Å². The number of nitrogens with zero attached hydrogens (tertiary/aromatic N) is 3. The topological polar surface area (TPSA) is 74.1 Å². The van der Waals surface area contributed by atoms with Crippen LogP contribution in [-0.4, -0.2) is 21.0 Å². The van der Waals surface area contributed by atoms with E-state index in [9.17, 15) is 9.59 Å². The lowest BCUT2D eigenvalue weighted by Crippen LogP contribution is -2.29. The van der Waals surface area contributed by atoms with Crippen LogP contribution in [0.2, 0.25) is 0 Å². The first-order chi connectivity index (χ1) is 12.6. The average Bonchev–Trinajstić information content (AvgIpc) is 2.64. The molecule has 7 heteroatoms. The Labute approximate surface area is 156 Å². The monoisotopic (exact) mass is 409 g/mol. The van der Waals surface area contributed by atoms with Crippen molar-refractivity contribution in [3.63, 3.8) is 0 Å². The maximum Gasteiger partial charge on any atom is 0.333 e. The van der Waals surface area contributed by atoms with Gasteiger partial charge in [-0.15, -0.1) is 5.10 Å². The van der Waals surface area contributed by atoms with E-state index in [-0.39, 0.29) is 12.1 Å². The van der Waals surface area contributed by atoms with Crippen LogP contribution in [0, 0.1) is 0 Å². The molecule has 0 N–H and O–H groups in total. The van der Waals surface area contributed by atoms with Crippen molar-refractivity contribution in [1.82, 2.24) is 15.0 Å². The maximum atomic E-state index is 12.4. The normalized spacial score (nSPS) is 11.0. The van der Waals surface area contributed by atoms with Gasteiger partial charge in [0.25, 0.3) is 5.56 Å². The van der Waals surface area contributed by atoms with Gasteiger partial charge >= 0.3 is 5.97 Å². The Bertz CT molecular complexity index is 1200. The summed E-state index contributed by atoms with van der Waals surface area (Å²) in [5.41, 5.74) is 0.110. The summed E-state index contributed by atoms with van der Waals surface area (Å²) in [6, 6.07) is 18.0. The highest BCUT2D eigenvalue weighted by Crippen LogP contribution is 2.24. The Morgan fingerprint density at radius 1 is 1.04 bits per heavy atom. The molecule has 0 aliphatic heterocycles. The molecule has 3 aromatic carbocycles. The minimum absolute atomic E-state index is 0.310. The molecule has 26 heavy (non-hydrogen) atoms. The summed E-state index contributed by atoms with van der Waals surface area (Å²) >= 11 is 3.42. The molecule has 0 atom stereocenters. The van der Waals surface area contributed by atoms with Crippen molar-refractivity contribution in [2.24, 2.45) is 0 Å². The fourth-order valence-corrected chi connectivity index (χ4v) is 3.05. The van der Waals surface area contributed by atoms with Gasteiger partial charge in [-0.25, -0.2) is 4.79 Å². The summed E-state index contributed by atoms with van der Waals surface area (Å²) in [6.45, 7) is -0.310. The molecule has 0 unspecified atom stereocenters. The Kier molecular flexibility index (Phi) is 4.22. The number of hydrogen-bond donors (Lipinski definition) is 0. The molecule has 0 bridgehead atoms. The van der Waals surface area contributed by atoms with E-state index in [4.69, 9.17) is 4.74 Å². The van der Waals surface area contributed by atoms with Gasteiger partial charge in [0.2, 0.25) is 0 Å². The molecule has 128 valence electrons. The lowest BCUT2D eigenvalue weighted by Gasteiger charge is -2.07. The Balaban J connectivity index is 1.56. The van der Waals surface area contributed by atoms with E-state index in [2.05, 4.69) is 26.2 Å². The molecule has 0 radical (unpaired) electrons. The SMILES string of the molecule is O=C(Cn1nnc2ccccc2c1=O)Oc1ccc2cc(Br)ccc2c1. The number of ether oxygens (including phenoxy) is 1. The molecule has 1 heterocycles. The third-order valence-electron chi connectivity index (χ3n) is 3.91. The van der Waals surface area contributed by atoms with Crippen molar-refractivity contribution in [3.8, 4) is 5.75 Å². The van der Waals surface area contributed by atoms with E-state index in [0.717, 1.165) is 19.9 Å². The summed E-state index contributed by atoms with van der Waals surface area (Å²) in [7, 11) is 0. The van der Waals surface area contributed by atoms with Gasteiger partial charge in [0.05, 0.1) is 5.39 Å². The second kappa shape index (κ2) is 6.68. The molecule has 4 aromatic rings. The standard InChI is InChI=1S/C19H12BrN3O3/c20-14-7-5-13-10-15(8-6-12(13)9-14)26-18(24)11-23-19(25)16-3-1-2-4-17(16)21-22-23/h1-10H,11H2. The third kappa shape index (κ3) is 3.21. The van der Waals surface area contributed by atoms with Gasteiger partial charge in [-0.1, -0.05) is 45.4 Å². The van der Waals surface area contributed by atoms with E-state index in [0.29, 0.717) is 16.7 Å². The second-order valence-electron chi connectivity index (χ2n) is 5.70. The highest BCUT2D eigenvalue weighted by atomic mass is 79.9. The van der Waals surface area contributed by atoms with Crippen LogP contribution < -0.4 is 10.3 Å². The molecule has 0 saturated heterocycles. The Morgan fingerprint density at radius 2 is 1.81 bits per heavy atom. The zero-order valence-corrected chi connectivity index (χ0v) is 15.0.